The molecule has 0 aromatic heterocycles. The molecule has 0 saturated carbocycles. The Labute approximate surface area is 167 Å². The molecule has 3 rings (SSSR count). The molecule has 1 aromatic rings. The van der Waals surface area contributed by atoms with E-state index in [-0.39, 0.29) is 31.9 Å². The SMILES string of the molecule is O=[N+]([O-])c1cc(C(F)(F)F)ccc1N1CCN(S(=O)(=O)N2CCCCCC2)CC1. The zero-order valence-corrected chi connectivity index (χ0v) is 16.6. The largest absolute Gasteiger partial charge is 0.416 e. The molecule has 1 aromatic carbocycles. The molecule has 12 heteroatoms. The first-order valence-electron chi connectivity index (χ1n) is 9.46. The molecule has 162 valence electrons. The van der Waals surface area contributed by atoms with Gasteiger partial charge in [0.25, 0.3) is 15.9 Å². The van der Waals surface area contributed by atoms with E-state index < -0.39 is 32.6 Å². The van der Waals surface area contributed by atoms with Crippen LogP contribution in [0.5, 0.6) is 0 Å². The fourth-order valence-corrected chi connectivity index (χ4v) is 5.38. The first-order valence-corrected chi connectivity index (χ1v) is 10.9. The van der Waals surface area contributed by atoms with Crippen molar-refractivity contribution in [2.24, 2.45) is 0 Å². The lowest BCUT2D eigenvalue weighted by Gasteiger charge is -2.37. The molecule has 29 heavy (non-hydrogen) atoms. The number of benzene rings is 1. The molecular weight excluding hydrogens is 413 g/mol. The highest BCUT2D eigenvalue weighted by Gasteiger charge is 2.36. The number of nitro groups is 1. The van der Waals surface area contributed by atoms with Crippen LogP contribution < -0.4 is 4.90 Å². The van der Waals surface area contributed by atoms with Crippen LogP contribution in [0.4, 0.5) is 24.5 Å². The molecule has 0 atom stereocenters. The summed E-state index contributed by atoms with van der Waals surface area (Å²) < 4.78 is 67.2. The first kappa shape index (κ1) is 21.8. The summed E-state index contributed by atoms with van der Waals surface area (Å²) in [6, 6.07) is 2.41. The van der Waals surface area contributed by atoms with Crippen LogP contribution >= 0.6 is 0 Å². The number of piperazine rings is 1. The quantitative estimate of drug-likeness (QED) is 0.535. The van der Waals surface area contributed by atoms with Gasteiger partial charge in [0.2, 0.25) is 0 Å². The molecule has 0 unspecified atom stereocenters. The minimum Gasteiger partial charge on any atom is -0.363 e. The predicted octanol–water partition coefficient (Wildman–Crippen LogP) is 2.86. The van der Waals surface area contributed by atoms with Crippen molar-refractivity contribution in [3.8, 4) is 0 Å². The van der Waals surface area contributed by atoms with Crippen molar-refractivity contribution in [1.29, 1.82) is 0 Å². The normalized spacial score (nSPS) is 20.4. The summed E-state index contributed by atoms with van der Waals surface area (Å²) >= 11 is 0. The van der Waals surface area contributed by atoms with Crippen molar-refractivity contribution in [2.75, 3.05) is 44.2 Å². The van der Waals surface area contributed by atoms with E-state index in [0.717, 1.165) is 37.8 Å². The second kappa shape index (κ2) is 8.44. The van der Waals surface area contributed by atoms with Gasteiger partial charge in [-0.15, -0.1) is 0 Å². The number of hydrogen-bond donors (Lipinski definition) is 0. The van der Waals surface area contributed by atoms with Crippen LogP contribution in [0.3, 0.4) is 0 Å². The minimum atomic E-state index is -4.68. The van der Waals surface area contributed by atoms with E-state index in [0.29, 0.717) is 19.2 Å². The summed E-state index contributed by atoms with van der Waals surface area (Å²) in [6.45, 7) is 1.53. The first-order chi connectivity index (χ1) is 13.6. The minimum absolute atomic E-state index is 0.0646. The third-order valence-electron chi connectivity index (χ3n) is 5.30. The number of halogens is 3. The molecular formula is C17H23F3N4O4S. The monoisotopic (exact) mass is 436 g/mol. The van der Waals surface area contributed by atoms with Gasteiger partial charge in [-0.25, -0.2) is 0 Å². The molecule has 0 bridgehead atoms. The smallest absolute Gasteiger partial charge is 0.363 e. The highest BCUT2D eigenvalue weighted by Crippen LogP contribution is 2.37. The zero-order chi connectivity index (χ0) is 21.2. The summed E-state index contributed by atoms with van der Waals surface area (Å²) in [5.41, 5.74) is -1.66. The molecule has 2 heterocycles. The van der Waals surface area contributed by atoms with Gasteiger partial charge in [-0.1, -0.05) is 12.8 Å². The zero-order valence-electron chi connectivity index (χ0n) is 15.8. The van der Waals surface area contributed by atoms with Gasteiger partial charge in [-0.3, -0.25) is 10.1 Å². The average molecular weight is 436 g/mol. The Balaban J connectivity index is 1.74. The van der Waals surface area contributed by atoms with Crippen LogP contribution in [0.25, 0.3) is 0 Å². The number of hydrogen-bond acceptors (Lipinski definition) is 5. The van der Waals surface area contributed by atoms with E-state index >= 15 is 0 Å². The van der Waals surface area contributed by atoms with Crippen LogP contribution in [0.15, 0.2) is 18.2 Å². The van der Waals surface area contributed by atoms with E-state index in [2.05, 4.69) is 0 Å². The molecule has 2 fully saturated rings. The molecule has 2 aliphatic rings. The summed E-state index contributed by atoms with van der Waals surface area (Å²) in [5, 5.41) is 11.3. The van der Waals surface area contributed by atoms with Crippen LogP contribution in [-0.4, -0.2) is 61.2 Å². The fraction of sp³-hybridized carbons (Fsp3) is 0.647. The van der Waals surface area contributed by atoms with Gasteiger partial charge < -0.3 is 4.90 Å². The van der Waals surface area contributed by atoms with Crippen molar-refractivity contribution < 1.29 is 26.5 Å². The van der Waals surface area contributed by atoms with Crippen molar-refractivity contribution in [1.82, 2.24) is 8.61 Å². The summed E-state index contributed by atoms with van der Waals surface area (Å²) in [5.74, 6) is 0. The average Bonchev–Trinajstić information content (AvgIpc) is 2.97. The summed E-state index contributed by atoms with van der Waals surface area (Å²) in [6.07, 6.45) is -1.05. The number of nitro benzene ring substituents is 1. The number of rotatable bonds is 4. The van der Waals surface area contributed by atoms with E-state index in [1.807, 2.05) is 0 Å². The second-order valence-corrected chi connectivity index (χ2v) is 9.09. The van der Waals surface area contributed by atoms with Gasteiger partial charge in [-0.05, 0) is 25.0 Å². The molecule has 0 aliphatic carbocycles. The van der Waals surface area contributed by atoms with Crippen molar-refractivity contribution in [3.63, 3.8) is 0 Å². The Morgan fingerprint density at radius 1 is 0.897 bits per heavy atom. The predicted molar refractivity (Wildman–Crippen MR) is 101 cm³/mol. The Hall–Kier alpha value is -1.92. The molecule has 0 radical (unpaired) electrons. The van der Waals surface area contributed by atoms with Crippen molar-refractivity contribution in [2.45, 2.75) is 31.9 Å². The Morgan fingerprint density at radius 3 is 1.97 bits per heavy atom. The lowest BCUT2D eigenvalue weighted by Crippen LogP contribution is -2.53. The lowest BCUT2D eigenvalue weighted by molar-refractivity contribution is -0.384. The van der Waals surface area contributed by atoms with E-state index in [4.69, 9.17) is 0 Å². The Kier molecular flexibility index (Phi) is 6.34. The standard InChI is InChI=1S/C17H23F3N4O4S/c18-17(19,20)14-5-6-15(16(13-14)24(25)26)21-9-11-23(12-10-21)29(27,28)22-7-3-1-2-4-8-22/h5-6,13H,1-4,7-12H2. The van der Waals surface area contributed by atoms with Gasteiger partial charge in [0.05, 0.1) is 10.5 Å². The third-order valence-corrected chi connectivity index (χ3v) is 7.33. The van der Waals surface area contributed by atoms with Crippen LogP contribution in [0.1, 0.15) is 31.2 Å². The molecule has 0 N–H and O–H groups in total. The highest BCUT2D eigenvalue weighted by atomic mass is 32.2. The van der Waals surface area contributed by atoms with Gasteiger partial charge in [0, 0.05) is 45.3 Å². The molecule has 8 nitrogen and oxygen atoms in total. The summed E-state index contributed by atoms with van der Waals surface area (Å²) in [7, 11) is -3.61. The highest BCUT2D eigenvalue weighted by molar-refractivity contribution is 7.86. The molecule has 2 saturated heterocycles. The lowest BCUT2D eigenvalue weighted by atomic mass is 10.1. The van der Waals surface area contributed by atoms with Crippen molar-refractivity contribution in [3.05, 3.63) is 33.9 Å². The second-order valence-electron chi connectivity index (χ2n) is 7.17. The third kappa shape index (κ3) is 4.81. The molecule has 2 aliphatic heterocycles. The maximum Gasteiger partial charge on any atom is 0.416 e. The molecule has 0 amide bonds. The Bertz CT molecular complexity index is 847. The topological polar surface area (TPSA) is 87.0 Å². The van der Waals surface area contributed by atoms with E-state index in [1.165, 1.54) is 8.61 Å². The van der Waals surface area contributed by atoms with Gasteiger partial charge in [-0.2, -0.15) is 30.2 Å². The van der Waals surface area contributed by atoms with E-state index in [9.17, 15) is 31.7 Å². The number of nitrogens with zero attached hydrogens (tertiary/aromatic N) is 4. The maximum atomic E-state index is 12.9. The molecule has 0 spiro atoms. The number of anilines is 1. The van der Waals surface area contributed by atoms with Gasteiger partial charge in [0.1, 0.15) is 5.69 Å². The van der Waals surface area contributed by atoms with Crippen LogP contribution in [0.2, 0.25) is 0 Å². The van der Waals surface area contributed by atoms with Crippen molar-refractivity contribution >= 4 is 21.6 Å². The van der Waals surface area contributed by atoms with Gasteiger partial charge in [0.15, 0.2) is 0 Å². The Morgan fingerprint density at radius 2 is 1.45 bits per heavy atom. The number of alkyl halides is 3. The maximum absolute atomic E-state index is 12.9. The van der Waals surface area contributed by atoms with Crippen LogP contribution in [0, 0.1) is 10.1 Å². The fourth-order valence-electron chi connectivity index (χ4n) is 3.71. The van der Waals surface area contributed by atoms with Gasteiger partial charge >= 0.3 is 6.18 Å². The summed E-state index contributed by atoms with van der Waals surface area (Å²) in [4.78, 5) is 12.0. The van der Waals surface area contributed by atoms with Crippen LogP contribution in [-0.2, 0) is 16.4 Å². The van der Waals surface area contributed by atoms with E-state index in [1.54, 1.807) is 4.90 Å².